The highest BCUT2D eigenvalue weighted by atomic mass is 79.9. The summed E-state index contributed by atoms with van der Waals surface area (Å²) in [6.45, 7) is 4.56. The minimum absolute atomic E-state index is 0.0742. The normalized spacial score (nSPS) is 13.7. The number of rotatable bonds is 6. The van der Waals surface area contributed by atoms with Gasteiger partial charge in [-0.1, -0.05) is 6.07 Å². The molecule has 8 heteroatoms. The number of ether oxygens (including phenoxy) is 3. The molecular weight excluding hydrogens is 440 g/mol. The van der Waals surface area contributed by atoms with E-state index in [1.807, 2.05) is 6.92 Å². The molecule has 1 N–H and O–H groups in total. The Labute approximate surface area is 178 Å². The molecule has 0 aromatic heterocycles. The third-order valence-corrected chi connectivity index (χ3v) is 5.04. The summed E-state index contributed by atoms with van der Waals surface area (Å²) in [5.74, 6) is 0.616. The average Bonchev–Trinajstić information content (AvgIpc) is 2.75. The lowest BCUT2D eigenvalue weighted by Gasteiger charge is -2.27. The number of carbonyl (C=O) groups is 2. The van der Waals surface area contributed by atoms with E-state index in [-0.39, 0.29) is 11.8 Å². The summed E-state index contributed by atoms with van der Waals surface area (Å²) in [6.07, 6.45) is 0. The first-order valence-corrected chi connectivity index (χ1v) is 10.1. The Morgan fingerprint density at radius 1 is 1.17 bits per heavy atom. The Bertz CT molecular complexity index is 897. The van der Waals surface area contributed by atoms with Crippen LogP contribution in [0.3, 0.4) is 0 Å². The number of anilines is 1. The van der Waals surface area contributed by atoms with E-state index >= 15 is 0 Å². The minimum Gasteiger partial charge on any atom is -0.493 e. The number of hydrogen-bond acceptors (Lipinski definition) is 5. The molecule has 0 spiro atoms. The molecule has 2 aromatic rings. The number of hydrogen-bond donors (Lipinski definition) is 1. The first kappa shape index (κ1) is 21.1. The van der Waals surface area contributed by atoms with Crippen molar-refractivity contribution in [1.29, 1.82) is 0 Å². The molecule has 0 radical (unpaired) electrons. The van der Waals surface area contributed by atoms with E-state index < -0.39 is 0 Å². The molecule has 1 saturated heterocycles. The lowest BCUT2D eigenvalue weighted by atomic mass is 10.1. The lowest BCUT2D eigenvalue weighted by Crippen LogP contribution is -2.40. The van der Waals surface area contributed by atoms with Crippen LogP contribution in [0.15, 0.2) is 40.9 Å². The lowest BCUT2D eigenvalue weighted by molar-refractivity contribution is 0.0303. The largest absolute Gasteiger partial charge is 0.493 e. The summed E-state index contributed by atoms with van der Waals surface area (Å²) < 4.78 is 16.8. The highest BCUT2D eigenvalue weighted by molar-refractivity contribution is 9.10. The topological polar surface area (TPSA) is 77.1 Å². The van der Waals surface area contributed by atoms with Crippen LogP contribution in [0, 0.1) is 0 Å². The highest BCUT2D eigenvalue weighted by Crippen LogP contribution is 2.36. The monoisotopic (exact) mass is 462 g/mol. The Morgan fingerprint density at radius 2 is 1.93 bits per heavy atom. The van der Waals surface area contributed by atoms with Gasteiger partial charge in [-0.25, -0.2) is 0 Å². The van der Waals surface area contributed by atoms with Crippen LogP contribution >= 0.6 is 15.9 Å². The second kappa shape index (κ2) is 9.76. The highest BCUT2D eigenvalue weighted by Gasteiger charge is 2.19. The predicted octanol–water partition coefficient (Wildman–Crippen LogP) is 3.58. The number of morpholine rings is 1. The molecule has 2 aromatic carbocycles. The SMILES string of the molecule is CCOc1c(Br)cc(C(=O)Nc2cccc(C(=O)N3CCOCC3)c2)cc1OC. The van der Waals surface area contributed by atoms with Gasteiger partial charge in [-0.2, -0.15) is 0 Å². The molecule has 1 aliphatic rings. The van der Waals surface area contributed by atoms with Crippen molar-refractivity contribution in [2.75, 3.05) is 45.3 Å². The van der Waals surface area contributed by atoms with Crippen LogP contribution in [0.25, 0.3) is 0 Å². The summed E-state index contributed by atoms with van der Waals surface area (Å²) >= 11 is 3.42. The Hall–Kier alpha value is -2.58. The zero-order chi connectivity index (χ0) is 20.8. The summed E-state index contributed by atoms with van der Waals surface area (Å²) in [5, 5.41) is 2.83. The van der Waals surface area contributed by atoms with Gasteiger partial charge in [-0.05, 0) is 53.2 Å². The van der Waals surface area contributed by atoms with Gasteiger partial charge in [-0.3, -0.25) is 9.59 Å². The average molecular weight is 463 g/mol. The van der Waals surface area contributed by atoms with Gasteiger partial charge in [0.15, 0.2) is 11.5 Å². The van der Waals surface area contributed by atoms with Crippen LogP contribution in [-0.2, 0) is 4.74 Å². The van der Waals surface area contributed by atoms with Gasteiger partial charge in [0.25, 0.3) is 11.8 Å². The van der Waals surface area contributed by atoms with Crippen LogP contribution < -0.4 is 14.8 Å². The quantitative estimate of drug-likeness (QED) is 0.709. The van der Waals surface area contributed by atoms with Gasteiger partial charge in [0.1, 0.15) is 0 Å². The fourth-order valence-electron chi connectivity index (χ4n) is 3.02. The smallest absolute Gasteiger partial charge is 0.255 e. The van der Waals surface area contributed by atoms with E-state index in [0.29, 0.717) is 65.7 Å². The maximum Gasteiger partial charge on any atom is 0.255 e. The van der Waals surface area contributed by atoms with Gasteiger partial charge >= 0.3 is 0 Å². The molecule has 29 heavy (non-hydrogen) atoms. The second-order valence-corrected chi connectivity index (χ2v) is 7.22. The third-order valence-electron chi connectivity index (χ3n) is 4.45. The molecule has 154 valence electrons. The first-order valence-electron chi connectivity index (χ1n) is 9.32. The van der Waals surface area contributed by atoms with E-state index in [1.54, 1.807) is 41.3 Å². The van der Waals surface area contributed by atoms with Crippen molar-refractivity contribution in [2.45, 2.75) is 6.92 Å². The van der Waals surface area contributed by atoms with Crippen LogP contribution in [0.5, 0.6) is 11.5 Å². The molecule has 1 heterocycles. The molecule has 2 amide bonds. The number of nitrogens with one attached hydrogen (secondary N) is 1. The van der Waals surface area contributed by atoms with Crippen molar-refractivity contribution in [3.63, 3.8) is 0 Å². The van der Waals surface area contributed by atoms with Crippen LogP contribution in [0.2, 0.25) is 0 Å². The Kier molecular flexibility index (Phi) is 7.11. The van der Waals surface area contributed by atoms with Crippen molar-refractivity contribution in [2.24, 2.45) is 0 Å². The van der Waals surface area contributed by atoms with Gasteiger partial charge in [-0.15, -0.1) is 0 Å². The van der Waals surface area contributed by atoms with Crippen molar-refractivity contribution in [3.8, 4) is 11.5 Å². The number of carbonyl (C=O) groups excluding carboxylic acids is 2. The van der Waals surface area contributed by atoms with E-state index in [2.05, 4.69) is 21.2 Å². The number of benzene rings is 2. The van der Waals surface area contributed by atoms with Gasteiger partial charge in [0.2, 0.25) is 0 Å². The summed E-state index contributed by atoms with van der Waals surface area (Å²) in [7, 11) is 1.52. The van der Waals surface area contributed by atoms with Crippen LogP contribution in [-0.4, -0.2) is 56.7 Å². The maximum absolute atomic E-state index is 12.7. The summed E-state index contributed by atoms with van der Waals surface area (Å²) in [4.78, 5) is 27.2. The molecule has 3 rings (SSSR count). The molecular formula is C21H23BrN2O5. The number of halogens is 1. The Balaban J connectivity index is 1.77. The van der Waals surface area contributed by atoms with Crippen molar-refractivity contribution in [3.05, 3.63) is 52.0 Å². The molecule has 1 fully saturated rings. The van der Waals surface area contributed by atoms with Crippen LogP contribution in [0.1, 0.15) is 27.6 Å². The molecule has 0 atom stereocenters. The molecule has 0 unspecified atom stereocenters. The number of amides is 2. The minimum atomic E-state index is -0.317. The van der Waals surface area contributed by atoms with Crippen molar-refractivity contribution in [1.82, 2.24) is 4.90 Å². The van der Waals surface area contributed by atoms with Gasteiger partial charge in [0.05, 0.1) is 31.4 Å². The molecule has 0 aliphatic carbocycles. The second-order valence-electron chi connectivity index (χ2n) is 6.36. The zero-order valence-corrected chi connectivity index (χ0v) is 18.0. The molecule has 7 nitrogen and oxygen atoms in total. The van der Waals surface area contributed by atoms with Crippen molar-refractivity contribution < 1.29 is 23.8 Å². The van der Waals surface area contributed by atoms with E-state index in [4.69, 9.17) is 14.2 Å². The molecule has 0 bridgehead atoms. The zero-order valence-electron chi connectivity index (χ0n) is 16.4. The Morgan fingerprint density at radius 3 is 2.62 bits per heavy atom. The van der Waals surface area contributed by atoms with Crippen molar-refractivity contribution >= 4 is 33.4 Å². The number of nitrogens with zero attached hydrogens (tertiary/aromatic N) is 1. The standard InChI is InChI=1S/C21H23BrN2O5/c1-3-29-19-17(22)12-15(13-18(19)27-2)20(25)23-16-6-4-5-14(11-16)21(26)24-7-9-28-10-8-24/h4-6,11-13H,3,7-10H2,1-2H3,(H,23,25). The van der Waals surface area contributed by atoms with Crippen LogP contribution in [0.4, 0.5) is 5.69 Å². The van der Waals surface area contributed by atoms with Gasteiger partial charge < -0.3 is 24.4 Å². The summed E-state index contributed by atoms with van der Waals surface area (Å²) in [5.41, 5.74) is 1.47. The fourth-order valence-corrected chi connectivity index (χ4v) is 3.57. The van der Waals surface area contributed by atoms with E-state index in [9.17, 15) is 9.59 Å². The van der Waals surface area contributed by atoms with Gasteiger partial charge in [0, 0.05) is 29.9 Å². The predicted molar refractivity (Wildman–Crippen MR) is 113 cm³/mol. The molecule has 0 saturated carbocycles. The fraction of sp³-hybridized carbons (Fsp3) is 0.333. The van der Waals surface area contributed by atoms with E-state index in [0.717, 1.165) is 0 Å². The first-order chi connectivity index (χ1) is 14.0. The molecule has 1 aliphatic heterocycles. The maximum atomic E-state index is 12.7. The van der Waals surface area contributed by atoms with E-state index in [1.165, 1.54) is 7.11 Å². The summed E-state index contributed by atoms with van der Waals surface area (Å²) in [6, 6.07) is 10.2. The third kappa shape index (κ3) is 5.07. The number of methoxy groups -OCH3 is 1.